The number of aryl methyl sites for hydroxylation is 1. The van der Waals surface area contributed by atoms with E-state index in [1.54, 1.807) is 0 Å². The maximum atomic E-state index is 4.22. The average Bonchev–Trinajstić information content (AvgIpc) is 1.88. The largest absolute Gasteiger partial charge is 0.160 e. The fourth-order valence-electron chi connectivity index (χ4n) is 0.876. The molecule has 0 spiro atoms. The van der Waals surface area contributed by atoms with Gasteiger partial charge in [-0.05, 0) is 18.1 Å². The molecule has 0 heterocycles. The second kappa shape index (κ2) is 3.35. The minimum Gasteiger partial charge on any atom is -0.160 e. The van der Waals surface area contributed by atoms with Gasteiger partial charge < -0.3 is 0 Å². The molecule has 0 amide bonds. The maximum absolute atomic E-state index is 4.22. The molecule has 1 aromatic rings. The van der Waals surface area contributed by atoms with E-state index in [-0.39, 0.29) is 4.58 Å². The zero-order chi connectivity index (χ0) is 7.56. The molecule has 0 aromatic heterocycles. The fourth-order valence-corrected chi connectivity index (χ4v) is 1.46. The van der Waals surface area contributed by atoms with Crippen LogP contribution >= 0.6 is 25.3 Å². The van der Waals surface area contributed by atoms with Crippen molar-refractivity contribution in [3.05, 3.63) is 35.4 Å². The van der Waals surface area contributed by atoms with Crippen LogP contribution < -0.4 is 0 Å². The smallest absolute Gasteiger partial charge is 0.0694 e. The molecule has 2 heteroatoms. The van der Waals surface area contributed by atoms with Crippen LogP contribution in [0.3, 0.4) is 0 Å². The van der Waals surface area contributed by atoms with Crippen LogP contribution in [-0.4, -0.2) is 0 Å². The van der Waals surface area contributed by atoms with Gasteiger partial charge in [0.15, 0.2) is 0 Å². The van der Waals surface area contributed by atoms with E-state index in [1.165, 1.54) is 11.1 Å². The van der Waals surface area contributed by atoms with E-state index in [4.69, 9.17) is 0 Å². The molecule has 1 rings (SSSR count). The molecule has 0 radical (unpaired) electrons. The first-order chi connectivity index (χ1) is 4.72. The summed E-state index contributed by atoms with van der Waals surface area (Å²) in [6, 6.07) is 8.12. The van der Waals surface area contributed by atoms with Gasteiger partial charge in [-0.1, -0.05) is 24.3 Å². The molecule has 0 saturated carbocycles. The average molecular weight is 170 g/mol. The molecule has 0 fully saturated rings. The van der Waals surface area contributed by atoms with Gasteiger partial charge in [-0.2, -0.15) is 25.3 Å². The van der Waals surface area contributed by atoms with Gasteiger partial charge in [-0.25, -0.2) is 0 Å². The molecule has 54 valence electrons. The molecule has 0 saturated heterocycles. The van der Waals surface area contributed by atoms with Crippen molar-refractivity contribution >= 4 is 25.3 Å². The summed E-state index contributed by atoms with van der Waals surface area (Å²) in [6.07, 6.45) is 0. The SMILES string of the molecule is Cc1ccccc1C(S)S. The molecule has 0 unspecified atom stereocenters. The van der Waals surface area contributed by atoms with Gasteiger partial charge in [0, 0.05) is 0 Å². The molecule has 1 aromatic carbocycles. The summed E-state index contributed by atoms with van der Waals surface area (Å²) in [6.45, 7) is 2.06. The summed E-state index contributed by atoms with van der Waals surface area (Å²) in [5.74, 6) is 0. The topological polar surface area (TPSA) is 0 Å². The molecular weight excluding hydrogens is 160 g/mol. The Bertz CT molecular complexity index is 218. The predicted molar refractivity (Wildman–Crippen MR) is 51.9 cm³/mol. The van der Waals surface area contributed by atoms with Crippen LogP contribution in [-0.2, 0) is 0 Å². The van der Waals surface area contributed by atoms with Crippen LogP contribution in [0.5, 0.6) is 0 Å². The van der Waals surface area contributed by atoms with E-state index in [0.717, 1.165) is 0 Å². The van der Waals surface area contributed by atoms with Crippen LogP contribution in [0.25, 0.3) is 0 Å². The first-order valence-corrected chi connectivity index (χ1v) is 4.17. The minimum atomic E-state index is 0.0428. The lowest BCUT2D eigenvalue weighted by Crippen LogP contribution is -1.85. The summed E-state index contributed by atoms with van der Waals surface area (Å²) >= 11 is 8.44. The molecule has 0 atom stereocenters. The molecule has 0 aliphatic heterocycles. The summed E-state index contributed by atoms with van der Waals surface area (Å²) in [5, 5.41) is 0. The van der Waals surface area contributed by atoms with Gasteiger partial charge in [0.25, 0.3) is 0 Å². The van der Waals surface area contributed by atoms with Crippen LogP contribution in [0.15, 0.2) is 24.3 Å². The van der Waals surface area contributed by atoms with Gasteiger partial charge in [-0.3, -0.25) is 0 Å². The highest BCUT2D eigenvalue weighted by Crippen LogP contribution is 2.25. The molecule has 0 aliphatic rings. The summed E-state index contributed by atoms with van der Waals surface area (Å²) in [4.78, 5) is 0. The first kappa shape index (κ1) is 8.02. The Hall–Kier alpha value is -0.0800. The Morgan fingerprint density at radius 1 is 1.20 bits per heavy atom. The number of benzene rings is 1. The lowest BCUT2D eigenvalue weighted by Gasteiger charge is -2.05. The van der Waals surface area contributed by atoms with Gasteiger partial charge in [0.2, 0.25) is 0 Å². The van der Waals surface area contributed by atoms with E-state index in [1.807, 2.05) is 18.2 Å². The Morgan fingerprint density at radius 3 is 2.20 bits per heavy atom. The molecule has 0 nitrogen and oxygen atoms in total. The Labute approximate surface area is 72.5 Å². The summed E-state index contributed by atoms with van der Waals surface area (Å²) < 4.78 is 0.0428. The highest BCUT2D eigenvalue weighted by atomic mass is 32.2. The van der Waals surface area contributed by atoms with Gasteiger partial charge >= 0.3 is 0 Å². The van der Waals surface area contributed by atoms with Crippen molar-refractivity contribution in [1.82, 2.24) is 0 Å². The highest BCUT2D eigenvalue weighted by Gasteiger charge is 2.01. The zero-order valence-corrected chi connectivity index (χ0v) is 7.57. The number of rotatable bonds is 1. The number of hydrogen-bond donors (Lipinski definition) is 2. The predicted octanol–water partition coefficient (Wildman–Crippen LogP) is 2.85. The Kier molecular flexibility index (Phi) is 2.69. The summed E-state index contributed by atoms with van der Waals surface area (Å²) in [7, 11) is 0. The fraction of sp³-hybridized carbons (Fsp3) is 0.250. The quantitative estimate of drug-likeness (QED) is 0.470. The Balaban J connectivity index is 3.03. The van der Waals surface area contributed by atoms with Crippen LogP contribution in [0.4, 0.5) is 0 Å². The van der Waals surface area contributed by atoms with Gasteiger partial charge in [-0.15, -0.1) is 0 Å². The lowest BCUT2D eigenvalue weighted by atomic mass is 10.1. The summed E-state index contributed by atoms with van der Waals surface area (Å²) in [5.41, 5.74) is 2.44. The van der Waals surface area contributed by atoms with Crippen molar-refractivity contribution in [1.29, 1.82) is 0 Å². The monoisotopic (exact) mass is 170 g/mol. The molecule has 10 heavy (non-hydrogen) atoms. The molecule has 0 aliphatic carbocycles. The van der Waals surface area contributed by atoms with Crippen molar-refractivity contribution in [2.75, 3.05) is 0 Å². The van der Waals surface area contributed by atoms with E-state index in [9.17, 15) is 0 Å². The second-order valence-electron chi connectivity index (χ2n) is 2.23. The van der Waals surface area contributed by atoms with Crippen molar-refractivity contribution in [2.45, 2.75) is 11.5 Å². The van der Waals surface area contributed by atoms with Gasteiger partial charge in [0.05, 0.1) is 4.58 Å². The van der Waals surface area contributed by atoms with Crippen molar-refractivity contribution in [3.8, 4) is 0 Å². The Morgan fingerprint density at radius 2 is 1.80 bits per heavy atom. The third-order valence-corrected chi connectivity index (χ3v) is 2.02. The third kappa shape index (κ3) is 1.70. The number of thiol groups is 2. The van der Waals surface area contributed by atoms with Crippen molar-refractivity contribution < 1.29 is 0 Å². The van der Waals surface area contributed by atoms with Crippen molar-refractivity contribution in [3.63, 3.8) is 0 Å². The normalized spacial score (nSPS) is 10.4. The maximum Gasteiger partial charge on any atom is 0.0694 e. The van der Waals surface area contributed by atoms with Crippen LogP contribution in [0.2, 0.25) is 0 Å². The van der Waals surface area contributed by atoms with E-state index < -0.39 is 0 Å². The van der Waals surface area contributed by atoms with E-state index >= 15 is 0 Å². The zero-order valence-electron chi connectivity index (χ0n) is 5.78. The van der Waals surface area contributed by atoms with Gasteiger partial charge in [0.1, 0.15) is 0 Å². The van der Waals surface area contributed by atoms with Crippen molar-refractivity contribution in [2.24, 2.45) is 0 Å². The standard InChI is InChI=1S/C8H10S2/c1-6-4-2-3-5-7(6)8(9)10/h2-5,8-10H,1H3. The second-order valence-corrected chi connectivity index (χ2v) is 3.67. The molecular formula is C8H10S2. The van der Waals surface area contributed by atoms with Crippen LogP contribution in [0.1, 0.15) is 15.7 Å². The number of hydrogen-bond acceptors (Lipinski definition) is 2. The first-order valence-electron chi connectivity index (χ1n) is 3.13. The van der Waals surface area contributed by atoms with Crippen LogP contribution in [0, 0.1) is 6.92 Å². The molecule has 0 bridgehead atoms. The highest BCUT2D eigenvalue weighted by molar-refractivity contribution is 7.98. The minimum absolute atomic E-state index is 0.0428. The molecule has 0 N–H and O–H groups in total. The van der Waals surface area contributed by atoms with E-state index in [2.05, 4.69) is 38.2 Å². The third-order valence-electron chi connectivity index (χ3n) is 1.47. The lowest BCUT2D eigenvalue weighted by molar-refractivity contribution is 1.30. The van der Waals surface area contributed by atoms with E-state index in [0.29, 0.717) is 0 Å².